The molecule has 5 heteroatoms. The van der Waals surface area contributed by atoms with Crippen LogP contribution in [-0.2, 0) is 6.54 Å². The number of thiazole rings is 1. The first-order chi connectivity index (χ1) is 11.2. The third kappa shape index (κ3) is 4.07. The third-order valence-corrected chi connectivity index (χ3v) is 4.71. The summed E-state index contributed by atoms with van der Waals surface area (Å²) in [5, 5.41) is 2.78. The summed E-state index contributed by atoms with van der Waals surface area (Å²) in [6.45, 7) is 6.66. The van der Waals surface area contributed by atoms with Gasteiger partial charge >= 0.3 is 0 Å². The molecule has 0 saturated carbocycles. The lowest BCUT2D eigenvalue weighted by molar-refractivity contribution is 0.800. The molecule has 0 aliphatic rings. The number of para-hydroxylation sites is 1. The lowest BCUT2D eigenvalue weighted by Crippen LogP contribution is -2.14. The van der Waals surface area contributed by atoms with Crippen molar-refractivity contribution in [3.63, 3.8) is 0 Å². The van der Waals surface area contributed by atoms with Gasteiger partial charge in [0.2, 0.25) is 0 Å². The quantitative estimate of drug-likeness (QED) is 0.448. The van der Waals surface area contributed by atoms with Gasteiger partial charge in [0.05, 0.1) is 16.4 Å². The monoisotopic (exact) mass is 420 g/mol. The van der Waals surface area contributed by atoms with E-state index in [1.54, 1.807) is 11.3 Å². The Hall–Kier alpha value is -1.62. The van der Waals surface area contributed by atoms with Crippen LogP contribution in [0, 0.1) is 6.92 Å². The molecule has 2 aromatic carbocycles. The summed E-state index contributed by atoms with van der Waals surface area (Å²) in [5.41, 5.74) is 4.35. The Morgan fingerprint density at radius 3 is 2.54 bits per heavy atom. The van der Waals surface area contributed by atoms with Crippen LogP contribution in [0.3, 0.4) is 0 Å². The van der Waals surface area contributed by atoms with Gasteiger partial charge < -0.3 is 4.57 Å². The van der Waals surface area contributed by atoms with Crippen LogP contribution in [0.5, 0.6) is 0 Å². The summed E-state index contributed by atoms with van der Waals surface area (Å²) >= 11 is 7.83. The molecule has 0 unspecified atom stereocenters. The van der Waals surface area contributed by atoms with E-state index in [0.29, 0.717) is 11.6 Å². The predicted octanol–water partition coefficient (Wildman–Crippen LogP) is 6.17. The van der Waals surface area contributed by atoms with Gasteiger partial charge in [0, 0.05) is 11.9 Å². The third-order valence-electron chi connectivity index (χ3n) is 3.53. The number of benzene rings is 2. The minimum Gasteiger partial charge on any atom is -0.313 e. The molecule has 0 fully saturated rings. The fourth-order valence-electron chi connectivity index (χ4n) is 2.32. The molecule has 0 amide bonds. The van der Waals surface area contributed by atoms with Crippen molar-refractivity contribution < 1.29 is 0 Å². The minimum absolute atomic E-state index is 0. The molecule has 24 heavy (non-hydrogen) atoms. The lowest BCUT2D eigenvalue weighted by atomic mass is 10.1. The van der Waals surface area contributed by atoms with Gasteiger partial charge in [-0.25, -0.2) is 4.99 Å². The zero-order chi connectivity index (χ0) is 16.2. The van der Waals surface area contributed by atoms with Gasteiger partial charge in [-0.3, -0.25) is 0 Å². The van der Waals surface area contributed by atoms with Crippen molar-refractivity contribution in [1.29, 1.82) is 0 Å². The van der Waals surface area contributed by atoms with Crippen molar-refractivity contribution in [2.75, 3.05) is 0 Å². The Labute approximate surface area is 161 Å². The van der Waals surface area contributed by atoms with Gasteiger partial charge in [0.1, 0.15) is 0 Å². The first-order valence-electron chi connectivity index (χ1n) is 7.34. The first-order valence-corrected chi connectivity index (χ1v) is 8.60. The molecule has 0 atom stereocenters. The molecule has 0 aliphatic heterocycles. The number of aryl methyl sites for hydroxylation is 1. The van der Waals surface area contributed by atoms with Crippen molar-refractivity contribution in [3.05, 3.63) is 82.0 Å². The van der Waals surface area contributed by atoms with Gasteiger partial charge in [-0.15, -0.1) is 34.9 Å². The van der Waals surface area contributed by atoms with Crippen molar-refractivity contribution in [2.24, 2.45) is 4.99 Å². The van der Waals surface area contributed by atoms with Crippen LogP contribution in [0.2, 0.25) is 5.02 Å². The zero-order valence-corrected chi connectivity index (χ0v) is 16.6. The van der Waals surface area contributed by atoms with Crippen LogP contribution in [0.15, 0.2) is 71.6 Å². The number of nitrogens with zero attached hydrogens (tertiary/aromatic N) is 2. The number of aromatic nitrogens is 1. The Bertz CT molecular complexity index is 894. The predicted molar refractivity (Wildman–Crippen MR) is 110 cm³/mol. The Morgan fingerprint density at radius 1 is 1.17 bits per heavy atom. The molecule has 2 nitrogen and oxygen atoms in total. The average Bonchev–Trinajstić information content (AvgIpc) is 2.94. The highest BCUT2D eigenvalue weighted by molar-refractivity contribution is 8.93. The number of hydrogen-bond donors (Lipinski definition) is 0. The molecule has 1 heterocycles. The molecule has 1 aromatic heterocycles. The summed E-state index contributed by atoms with van der Waals surface area (Å²) in [6, 6.07) is 16.1. The Morgan fingerprint density at radius 2 is 1.88 bits per heavy atom. The molecule has 0 radical (unpaired) electrons. The minimum atomic E-state index is 0. The molecule has 0 aliphatic carbocycles. The first kappa shape index (κ1) is 18.7. The second-order valence-electron chi connectivity index (χ2n) is 5.23. The van der Waals surface area contributed by atoms with Gasteiger partial charge in [-0.2, -0.15) is 0 Å². The van der Waals surface area contributed by atoms with Crippen molar-refractivity contribution in [3.8, 4) is 11.3 Å². The number of allylic oxidation sites excluding steroid dienone is 1. The van der Waals surface area contributed by atoms with Gasteiger partial charge in [0.25, 0.3) is 0 Å². The lowest BCUT2D eigenvalue weighted by Gasteiger charge is -2.07. The van der Waals surface area contributed by atoms with Crippen LogP contribution < -0.4 is 4.80 Å². The van der Waals surface area contributed by atoms with Crippen LogP contribution in [0.4, 0.5) is 5.69 Å². The molecule has 3 aromatic rings. The van der Waals surface area contributed by atoms with E-state index < -0.39 is 0 Å². The van der Waals surface area contributed by atoms with E-state index in [2.05, 4.69) is 47.7 Å². The summed E-state index contributed by atoms with van der Waals surface area (Å²) in [6.07, 6.45) is 1.88. The van der Waals surface area contributed by atoms with Crippen molar-refractivity contribution >= 4 is 45.6 Å². The van der Waals surface area contributed by atoms with E-state index in [-0.39, 0.29) is 17.0 Å². The second kappa shape index (κ2) is 8.47. The highest BCUT2D eigenvalue weighted by Crippen LogP contribution is 2.25. The highest BCUT2D eigenvalue weighted by atomic mass is 79.9. The van der Waals surface area contributed by atoms with E-state index in [0.717, 1.165) is 16.2 Å². The van der Waals surface area contributed by atoms with Gasteiger partial charge in [0.15, 0.2) is 4.80 Å². The summed E-state index contributed by atoms with van der Waals surface area (Å²) in [7, 11) is 0. The maximum atomic E-state index is 6.23. The zero-order valence-electron chi connectivity index (χ0n) is 13.3. The molecule has 3 rings (SSSR count). The molecule has 0 saturated heterocycles. The van der Waals surface area contributed by atoms with E-state index in [1.807, 2.05) is 30.3 Å². The van der Waals surface area contributed by atoms with Crippen molar-refractivity contribution in [1.82, 2.24) is 4.57 Å². The van der Waals surface area contributed by atoms with E-state index >= 15 is 0 Å². The highest BCUT2D eigenvalue weighted by Gasteiger charge is 2.07. The van der Waals surface area contributed by atoms with Crippen molar-refractivity contribution in [2.45, 2.75) is 13.5 Å². The van der Waals surface area contributed by atoms with E-state index in [1.165, 1.54) is 11.1 Å². The van der Waals surface area contributed by atoms with Crippen LogP contribution in [0.1, 0.15) is 5.56 Å². The van der Waals surface area contributed by atoms with Gasteiger partial charge in [-0.1, -0.05) is 59.6 Å². The average molecular weight is 422 g/mol. The maximum Gasteiger partial charge on any atom is 0.190 e. The largest absolute Gasteiger partial charge is 0.313 e. The molecular formula is C19H18BrClN2S. The second-order valence-corrected chi connectivity index (χ2v) is 6.48. The van der Waals surface area contributed by atoms with Crippen LogP contribution >= 0.6 is 39.9 Å². The standard InChI is InChI=1S/C19H17ClN2S.BrH/c1-3-12-22-18(15-10-8-14(2)9-11-15)13-23-19(22)21-17-7-5-4-6-16(17)20;/h3-11,13H,1,12H2,2H3;1H. The number of halogens is 2. The van der Waals surface area contributed by atoms with Crippen LogP contribution in [0.25, 0.3) is 11.3 Å². The van der Waals surface area contributed by atoms with Crippen LogP contribution in [-0.4, -0.2) is 4.57 Å². The molecule has 0 bridgehead atoms. The fraction of sp³-hybridized carbons (Fsp3) is 0.105. The molecular weight excluding hydrogens is 404 g/mol. The van der Waals surface area contributed by atoms with E-state index in [9.17, 15) is 0 Å². The smallest absolute Gasteiger partial charge is 0.190 e. The summed E-state index contributed by atoms with van der Waals surface area (Å²) in [5.74, 6) is 0. The SMILES string of the molecule is Br.C=CCn1c(-c2ccc(C)cc2)csc1=Nc1ccccc1Cl. The van der Waals surface area contributed by atoms with Gasteiger partial charge in [-0.05, 0) is 24.6 Å². The molecule has 0 N–H and O–H groups in total. The maximum absolute atomic E-state index is 6.23. The number of hydrogen-bond acceptors (Lipinski definition) is 2. The molecule has 0 spiro atoms. The Balaban J connectivity index is 0.00000208. The summed E-state index contributed by atoms with van der Waals surface area (Å²) < 4.78 is 2.16. The fourth-order valence-corrected chi connectivity index (χ4v) is 3.43. The molecule has 124 valence electrons. The topological polar surface area (TPSA) is 17.3 Å². The normalized spacial score (nSPS) is 11.2. The Kier molecular flexibility index (Phi) is 6.60. The summed E-state index contributed by atoms with van der Waals surface area (Å²) in [4.78, 5) is 5.64. The number of rotatable bonds is 4. The van der Waals surface area contributed by atoms with E-state index in [4.69, 9.17) is 16.6 Å².